The van der Waals surface area contributed by atoms with Gasteiger partial charge in [-0.1, -0.05) is 13.8 Å². The van der Waals surface area contributed by atoms with E-state index in [1.54, 1.807) is 6.92 Å². The number of hydrogen-bond acceptors (Lipinski definition) is 3. The maximum Gasteiger partial charge on any atom is 0.337 e. The first-order valence-electron chi connectivity index (χ1n) is 7.38. The van der Waals surface area contributed by atoms with Crippen LogP contribution in [0.2, 0.25) is 0 Å². The molecule has 0 saturated carbocycles. The SMILES string of the molecule is Cc1nc(C(=O)N2CCC(CC(C)C)C2)ccc1C(=O)O. The normalized spacial score (nSPS) is 18.3. The molecule has 0 radical (unpaired) electrons. The number of carbonyl (C=O) groups excluding carboxylic acids is 1. The van der Waals surface area contributed by atoms with E-state index in [2.05, 4.69) is 18.8 Å². The fourth-order valence-electron chi connectivity index (χ4n) is 2.94. The molecule has 1 atom stereocenters. The topological polar surface area (TPSA) is 70.5 Å². The first kappa shape index (κ1) is 15.5. The van der Waals surface area contributed by atoms with Gasteiger partial charge in [0, 0.05) is 13.1 Å². The monoisotopic (exact) mass is 290 g/mol. The Balaban J connectivity index is 2.07. The molecule has 2 heterocycles. The lowest BCUT2D eigenvalue weighted by Gasteiger charge is -2.17. The summed E-state index contributed by atoms with van der Waals surface area (Å²) in [6.45, 7) is 7.54. The van der Waals surface area contributed by atoms with E-state index in [1.807, 2.05) is 4.90 Å². The summed E-state index contributed by atoms with van der Waals surface area (Å²) in [6, 6.07) is 2.97. The molecule has 0 aliphatic carbocycles. The summed E-state index contributed by atoms with van der Waals surface area (Å²) >= 11 is 0. The van der Waals surface area contributed by atoms with Crippen LogP contribution in [0.3, 0.4) is 0 Å². The predicted octanol–water partition coefficient (Wildman–Crippen LogP) is 2.60. The molecule has 1 unspecified atom stereocenters. The number of aromatic carboxylic acids is 1. The van der Waals surface area contributed by atoms with Crippen molar-refractivity contribution in [2.75, 3.05) is 13.1 Å². The van der Waals surface area contributed by atoms with E-state index in [1.165, 1.54) is 12.1 Å². The van der Waals surface area contributed by atoms with Crippen LogP contribution in [0.1, 0.15) is 53.2 Å². The van der Waals surface area contributed by atoms with Crippen molar-refractivity contribution in [1.82, 2.24) is 9.88 Å². The van der Waals surface area contributed by atoms with Gasteiger partial charge in [-0.25, -0.2) is 9.78 Å². The molecule has 2 rings (SSSR count). The number of aryl methyl sites for hydroxylation is 1. The predicted molar refractivity (Wildman–Crippen MR) is 79.4 cm³/mol. The lowest BCUT2D eigenvalue weighted by molar-refractivity contribution is 0.0693. The molecule has 1 aliphatic heterocycles. The summed E-state index contributed by atoms with van der Waals surface area (Å²) in [4.78, 5) is 29.4. The van der Waals surface area contributed by atoms with Crippen LogP contribution in [0.15, 0.2) is 12.1 Å². The van der Waals surface area contributed by atoms with E-state index < -0.39 is 5.97 Å². The van der Waals surface area contributed by atoms with Crippen LogP contribution < -0.4 is 0 Å². The minimum absolute atomic E-state index is 0.0960. The van der Waals surface area contributed by atoms with E-state index in [-0.39, 0.29) is 11.5 Å². The molecule has 0 spiro atoms. The van der Waals surface area contributed by atoms with Gasteiger partial charge in [-0.05, 0) is 43.7 Å². The number of carboxylic acids is 1. The highest BCUT2D eigenvalue weighted by Gasteiger charge is 2.28. The van der Waals surface area contributed by atoms with E-state index in [9.17, 15) is 9.59 Å². The molecule has 1 aliphatic rings. The molecule has 1 saturated heterocycles. The van der Waals surface area contributed by atoms with Crippen molar-refractivity contribution in [3.8, 4) is 0 Å². The third-order valence-corrected chi connectivity index (χ3v) is 3.91. The fourth-order valence-corrected chi connectivity index (χ4v) is 2.94. The van der Waals surface area contributed by atoms with Crippen LogP contribution >= 0.6 is 0 Å². The largest absolute Gasteiger partial charge is 0.478 e. The van der Waals surface area contributed by atoms with Crippen LogP contribution in [0.5, 0.6) is 0 Å². The summed E-state index contributed by atoms with van der Waals surface area (Å²) in [5.41, 5.74) is 0.861. The maximum absolute atomic E-state index is 12.4. The van der Waals surface area contributed by atoms with E-state index in [0.29, 0.717) is 23.2 Å². The third-order valence-electron chi connectivity index (χ3n) is 3.91. The van der Waals surface area contributed by atoms with Crippen LogP contribution in [0.4, 0.5) is 0 Å². The quantitative estimate of drug-likeness (QED) is 0.925. The number of hydrogen-bond donors (Lipinski definition) is 1. The van der Waals surface area contributed by atoms with Crippen LogP contribution in [-0.2, 0) is 0 Å². The molecular formula is C16H22N2O3. The van der Waals surface area contributed by atoms with Gasteiger partial charge in [0.05, 0.1) is 11.3 Å². The highest BCUT2D eigenvalue weighted by atomic mass is 16.4. The first-order chi connectivity index (χ1) is 9.88. The zero-order valence-electron chi connectivity index (χ0n) is 12.8. The number of carbonyl (C=O) groups is 2. The van der Waals surface area contributed by atoms with Gasteiger partial charge in [-0.15, -0.1) is 0 Å². The van der Waals surface area contributed by atoms with Gasteiger partial charge >= 0.3 is 5.97 Å². The molecule has 0 bridgehead atoms. The number of amides is 1. The Labute approximate surface area is 125 Å². The molecule has 114 valence electrons. The van der Waals surface area contributed by atoms with Gasteiger partial charge in [0.15, 0.2) is 0 Å². The van der Waals surface area contributed by atoms with Crippen LogP contribution in [0.25, 0.3) is 0 Å². The number of nitrogens with zero attached hydrogens (tertiary/aromatic N) is 2. The molecule has 5 nitrogen and oxygen atoms in total. The van der Waals surface area contributed by atoms with Crippen molar-refractivity contribution in [2.45, 2.75) is 33.6 Å². The summed E-state index contributed by atoms with van der Waals surface area (Å²) < 4.78 is 0. The molecule has 1 amide bonds. The number of likely N-dealkylation sites (tertiary alicyclic amines) is 1. The second-order valence-corrected chi connectivity index (χ2v) is 6.17. The van der Waals surface area contributed by atoms with Gasteiger partial charge in [-0.2, -0.15) is 0 Å². The zero-order valence-corrected chi connectivity index (χ0v) is 12.8. The zero-order chi connectivity index (χ0) is 15.6. The van der Waals surface area contributed by atoms with Gasteiger partial charge in [0.25, 0.3) is 5.91 Å². The van der Waals surface area contributed by atoms with Gasteiger partial charge in [-0.3, -0.25) is 4.79 Å². The Morgan fingerprint density at radius 2 is 2.14 bits per heavy atom. The third kappa shape index (κ3) is 3.60. The Morgan fingerprint density at radius 3 is 2.71 bits per heavy atom. The van der Waals surface area contributed by atoms with E-state index in [0.717, 1.165) is 25.9 Å². The fraction of sp³-hybridized carbons (Fsp3) is 0.562. The smallest absolute Gasteiger partial charge is 0.337 e. The Kier molecular flexibility index (Phi) is 4.60. The van der Waals surface area contributed by atoms with Crippen LogP contribution in [0, 0.1) is 18.8 Å². The van der Waals surface area contributed by atoms with Crippen molar-refractivity contribution in [3.05, 3.63) is 29.1 Å². The molecule has 1 N–H and O–H groups in total. The van der Waals surface area contributed by atoms with Crippen molar-refractivity contribution in [3.63, 3.8) is 0 Å². The first-order valence-corrected chi connectivity index (χ1v) is 7.38. The summed E-state index contributed by atoms with van der Waals surface area (Å²) in [5, 5.41) is 8.99. The number of aromatic nitrogens is 1. The number of carboxylic acid groups (broad SMARTS) is 1. The summed E-state index contributed by atoms with van der Waals surface area (Å²) in [7, 11) is 0. The standard InChI is InChI=1S/C16H22N2O3/c1-10(2)8-12-6-7-18(9-12)15(19)14-5-4-13(16(20)21)11(3)17-14/h4-5,10,12H,6-9H2,1-3H3,(H,20,21). The second kappa shape index (κ2) is 6.24. The lowest BCUT2D eigenvalue weighted by Crippen LogP contribution is -2.29. The van der Waals surface area contributed by atoms with Crippen molar-refractivity contribution < 1.29 is 14.7 Å². The number of pyridine rings is 1. The highest BCUT2D eigenvalue weighted by molar-refractivity contribution is 5.94. The molecule has 0 aromatic carbocycles. The average molecular weight is 290 g/mol. The van der Waals surface area contributed by atoms with Crippen molar-refractivity contribution in [2.24, 2.45) is 11.8 Å². The molecule has 1 aromatic heterocycles. The Hall–Kier alpha value is -1.91. The maximum atomic E-state index is 12.4. The molecular weight excluding hydrogens is 268 g/mol. The van der Waals surface area contributed by atoms with Gasteiger partial charge in [0.2, 0.25) is 0 Å². The average Bonchev–Trinajstić information content (AvgIpc) is 2.84. The summed E-state index contributed by atoms with van der Waals surface area (Å²) in [5.74, 6) is 0.0899. The Bertz CT molecular complexity index is 554. The van der Waals surface area contributed by atoms with E-state index in [4.69, 9.17) is 5.11 Å². The molecule has 1 aromatic rings. The van der Waals surface area contributed by atoms with Crippen molar-refractivity contribution >= 4 is 11.9 Å². The lowest BCUT2D eigenvalue weighted by atomic mass is 9.97. The molecule has 21 heavy (non-hydrogen) atoms. The van der Waals surface area contributed by atoms with E-state index >= 15 is 0 Å². The van der Waals surface area contributed by atoms with Crippen LogP contribution in [-0.4, -0.2) is 40.0 Å². The Morgan fingerprint density at radius 1 is 1.43 bits per heavy atom. The minimum atomic E-state index is -1.02. The molecule has 5 heteroatoms. The minimum Gasteiger partial charge on any atom is -0.478 e. The summed E-state index contributed by atoms with van der Waals surface area (Å²) in [6.07, 6.45) is 2.17. The highest BCUT2D eigenvalue weighted by Crippen LogP contribution is 2.24. The number of rotatable bonds is 4. The second-order valence-electron chi connectivity index (χ2n) is 6.17. The van der Waals surface area contributed by atoms with Gasteiger partial charge < -0.3 is 10.0 Å². The van der Waals surface area contributed by atoms with Crippen molar-refractivity contribution in [1.29, 1.82) is 0 Å². The van der Waals surface area contributed by atoms with Gasteiger partial charge in [0.1, 0.15) is 5.69 Å². The molecule has 1 fully saturated rings.